The largest absolute Gasteiger partial charge is 0.354 e. The summed E-state index contributed by atoms with van der Waals surface area (Å²) in [6, 6.07) is 1.95. The third-order valence-electron chi connectivity index (χ3n) is 3.24. The van der Waals surface area contributed by atoms with Crippen molar-refractivity contribution >= 4 is 11.8 Å². The molecule has 1 aliphatic rings. The maximum Gasteiger partial charge on any atom is 0.224 e. The topological polar surface area (TPSA) is 58.9 Å². The lowest BCUT2D eigenvalue weighted by Crippen LogP contribution is -2.34. The molecular formula is C13H18N6. The number of imidazole rings is 1. The fraction of sp³-hybridized carbons (Fsp3) is 0.462. The third-order valence-corrected chi connectivity index (χ3v) is 3.24. The number of aromatic nitrogens is 4. The molecule has 2 aromatic heterocycles. The molecule has 0 amide bonds. The Morgan fingerprint density at radius 3 is 3.11 bits per heavy atom. The highest BCUT2D eigenvalue weighted by atomic mass is 15.3. The van der Waals surface area contributed by atoms with Crippen LogP contribution in [0.1, 0.15) is 19.2 Å². The molecule has 100 valence electrons. The summed E-state index contributed by atoms with van der Waals surface area (Å²) in [6.07, 6.45) is 6.75. The summed E-state index contributed by atoms with van der Waals surface area (Å²) in [7, 11) is 0. The van der Waals surface area contributed by atoms with E-state index in [9.17, 15) is 0 Å². The van der Waals surface area contributed by atoms with Crippen molar-refractivity contribution in [2.75, 3.05) is 23.3 Å². The predicted octanol–water partition coefficient (Wildman–Crippen LogP) is 1.52. The van der Waals surface area contributed by atoms with Gasteiger partial charge in [-0.05, 0) is 12.5 Å². The maximum absolute atomic E-state index is 4.56. The van der Waals surface area contributed by atoms with Gasteiger partial charge in [0.2, 0.25) is 5.95 Å². The molecule has 0 atom stereocenters. The Labute approximate surface area is 112 Å². The van der Waals surface area contributed by atoms with Crippen LogP contribution in [0.15, 0.2) is 24.7 Å². The Balaban J connectivity index is 1.76. The SMILES string of the molecule is CCCNc1nccc(N2CCn3ccnc3C2)n1. The van der Waals surface area contributed by atoms with Gasteiger partial charge in [-0.3, -0.25) is 0 Å². The van der Waals surface area contributed by atoms with Crippen molar-refractivity contribution in [3.63, 3.8) is 0 Å². The molecule has 0 fully saturated rings. The molecule has 0 radical (unpaired) electrons. The molecule has 6 nitrogen and oxygen atoms in total. The van der Waals surface area contributed by atoms with Gasteiger partial charge in [-0.1, -0.05) is 6.92 Å². The lowest BCUT2D eigenvalue weighted by molar-refractivity contribution is 0.556. The monoisotopic (exact) mass is 258 g/mol. The minimum atomic E-state index is 0.702. The van der Waals surface area contributed by atoms with Crippen molar-refractivity contribution < 1.29 is 0 Å². The van der Waals surface area contributed by atoms with Gasteiger partial charge in [0, 0.05) is 38.2 Å². The minimum Gasteiger partial charge on any atom is -0.354 e. The highest BCUT2D eigenvalue weighted by molar-refractivity contribution is 5.43. The molecule has 3 rings (SSSR count). The Kier molecular flexibility index (Phi) is 3.31. The van der Waals surface area contributed by atoms with Crippen molar-refractivity contribution in [1.82, 2.24) is 19.5 Å². The molecule has 0 unspecified atom stereocenters. The van der Waals surface area contributed by atoms with Crippen LogP contribution in [0, 0.1) is 0 Å². The van der Waals surface area contributed by atoms with E-state index in [1.165, 1.54) is 0 Å². The second-order valence-corrected chi connectivity index (χ2v) is 4.62. The van der Waals surface area contributed by atoms with E-state index in [0.717, 1.165) is 44.2 Å². The smallest absolute Gasteiger partial charge is 0.224 e. The Hall–Kier alpha value is -2.11. The van der Waals surface area contributed by atoms with Gasteiger partial charge < -0.3 is 14.8 Å². The predicted molar refractivity (Wildman–Crippen MR) is 74.1 cm³/mol. The first-order valence-corrected chi connectivity index (χ1v) is 6.68. The minimum absolute atomic E-state index is 0.702. The van der Waals surface area contributed by atoms with Gasteiger partial charge in [-0.25, -0.2) is 9.97 Å². The average Bonchev–Trinajstić information content (AvgIpc) is 2.92. The second kappa shape index (κ2) is 5.26. The van der Waals surface area contributed by atoms with Crippen LogP contribution in [0.2, 0.25) is 0 Å². The molecule has 0 saturated heterocycles. The summed E-state index contributed by atoms with van der Waals surface area (Å²) in [5, 5.41) is 3.22. The lowest BCUT2D eigenvalue weighted by Gasteiger charge is -2.28. The van der Waals surface area contributed by atoms with Crippen molar-refractivity contribution in [2.45, 2.75) is 26.4 Å². The molecule has 0 aliphatic carbocycles. The van der Waals surface area contributed by atoms with E-state index in [1.807, 2.05) is 18.5 Å². The van der Waals surface area contributed by atoms with Crippen LogP contribution >= 0.6 is 0 Å². The zero-order valence-corrected chi connectivity index (χ0v) is 11.1. The van der Waals surface area contributed by atoms with Gasteiger partial charge in [0.15, 0.2) is 0 Å². The van der Waals surface area contributed by atoms with Gasteiger partial charge in [0.1, 0.15) is 11.6 Å². The normalized spacial score (nSPS) is 14.3. The van der Waals surface area contributed by atoms with E-state index in [4.69, 9.17) is 0 Å². The second-order valence-electron chi connectivity index (χ2n) is 4.62. The quantitative estimate of drug-likeness (QED) is 0.901. The van der Waals surface area contributed by atoms with Gasteiger partial charge in [-0.15, -0.1) is 0 Å². The number of rotatable bonds is 4. The third kappa shape index (κ3) is 2.52. The zero-order chi connectivity index (χ0) is 13.1. The van der Waals surface area contributed by atoms with E-state index in [-0.39, 0.29) is 0 Å². The Morgan fingerprint density at radius 1 is 1.26 bits per heavy atom. The standard InChI is InChI=1S/C13H18N6/c1-2-4-15-13-16-5-3-11(17-13)19-9-8-18-7-6-14-12(18)10-19/h3,5-7H,2,4,8-10H2,1H3,(H,15,16,17). The molecular weight excluding hydrogens is 240 g/mol. The molecule has 6 heteroatoms. The Bertz CT molecular complexity index is 550. The van der Waals surface area contributed by atoms with E-state index in [2.05, 4.69) is 36.7 Å². The van der Waals surface area contributed by atoms with Gasteiger partial charge in [0.05, 0.1) is 6.54 Å². The van der Waals surface area contributed by atoms with Crippen molar-refractivity contribution in [3.05, 3.63) is 30.5 Å². The Morgan fingerprint density at radius 2 is 2.21 bits per heavy atom. The number of anilines is 2. The van der Waals surface area contributed by atoms with E-state index in [1.54, 1.807) is 6.20 Å². The zero-order valence-electron chi connectivity index (χ0n) is 11.1. The van der Waals surface area contributed by atoms with Crippen LogP contribution in [0.5, 0.6) is 0 Å². The van der Waals surface area contributed by atoms with Crippen LogP contribution in [-0.4, -0.2) is 32.6 Å². The summed E-state index contributed by atoms with van der Waals surface area (Å²) in [5.74, 6) is 2.75. The van der Waals surface area contributed by atoms with Crippen LogP contribution in [0.3, 0.4) is 0 Å². The molecule has 0 bridgehead atoms. The number of hydrogen-bond acceptors (Lipinski definition) is 5. The highest BCUT2D eigenvalue weighted by Crippen LogP contribution is 2.18. The maximum atomic E-state index is 4.56. The summed E-state index contributed by atoms with van der Waals surface area (Å²) < 4.78 is 2.19. The molecule has 19 heavy (non-hydrogen) atoms. The average molecular weight is 258 g/mol. The van der Waals surface area contributed by atoms with Crippen LogP contribution in [-0.2, 0) is 13.1 Å². The molecule has 1 aliphatic heterocycles. The van der Waals surface area contributed by atoms with E-state index < -0.39 is 0 Å². The lowest BCUT2D eigenvalue weighted by atomic mass is 10.3. The molecule has 0 saturated carbocycles. The first kappa shape index (κ1) is 12.0. The van der Waals surface area contributed by atoms with Crippen molar-refractivity contribution in [2.24, 2.45) is 0 Å². The van der Waals surface area contributed by atoms with Crippen molar-refractivity contribution in [1.29, 1.82) is 0 Å². The number of hydrogen-bond donors (Lipinski definition) is 1. The van der Waals surface area contributed by atoms with Gasteiger partial charge in [0.25, 0.3) is 0 Å². The number of fused-ring (bicyclic) bond motifs is 1. The summed E-state index contributed by atoms with van der Waals surface area (Å²) >= 11 is 0. The first-order chi connectivity index (χ1) is 9.36. The fourth-order valence-corrected chi connectivity index (χ4v) is 2.22. The van der Waals surface area contributed by atoms with Crippen LogP contribution in [0.4, 0.5) is 11.8 Å². The molecule has 3 heterocycles. The van der Waals surface area contributed by atoms with Gasteiger partial charge in [-0.2, -0.15) is 4.98 Å². The first-order valence-electron chi connectivity index (χ1n) is 6.68. The molecule has 2 aromatic rings. The molecule has 1 N–H and O–H groups in total. The van der Waals surface area contributed by atoms with Gasteiger partial charge >= 0.3 is 0 Å². The summed E-state index contributed by atoms with van der Waals surface area (Å²) in [5.41, 5.74) is 0. The number of nitrogens with one attached hydrogen (secondary N) is 1. The fourth-order valence-electron chi connectivity index (χ4n) is 2.22. The summed E-state index contributed by atoms with van der Waals surface area (Å²) in [6.45, 7) is 5.73. The van der Waals surface area contributed by atoms with E-state index in [0.29, 0.717) is 5.95 Å². The number of nitrogens with zero attached hydrogens (tertiary/aromatic N) is 5. The highest BCUT2D eigenvalue weighted by Gasteiger charge is 2.18. The van der Waals surface area contributed by atoms with Crippen molar-refractivity contribution in [3.8, 4) is 0 Å². The molecule has 0 spiro atoms. The molecule has 0 aromatic carbocycles. The van der Waals surface area contributed by atoms with E-state index >= 15 is 0 Å². The van der Waals surface area contributed by atoms with Crippen LogP contribution < -0.4 is 10.2 Å². The summed E-state index contributed by atoms with van der Waals surface area (Å²) in [4.78, 5) is 15.4. The van der Waals surface area contributed by atoms with Crippen LogP contribution in [0.25, 0.3) is 0 Å².